The molecular weight excluding hydrogens is 322 g/mol. The fourth-order valence-electron chi connectivity index (χ4n) is 3.28. The average molecular weight is 344 g/mol. The summed E-state index contributed by atoms with van der Waals surface area (Å²) in [7, 11) is 2.06. The lowest BCUT2D eigenvalue weighted by Crippen LogP contribution is -2.27. The van der Waals surface area contributed by atoms with Crippen molar-refractivity contribution in [3.05, 3.63) is 16.0 Å². The van der Waals surface area contributed by atoms with Crippen molar-refractivity contribution in [1.29, 1.82) is 0 Å². The minimum atomic E-state index is -0.432. The first-order valence-electron chi connectivity index (χ1n) is 7.50. The summed E-state index contributed by atoms with van der Waals surface area (Å²) < 4.78 is 0. The number of halogens is 1. The second kappa shape index (κ2) is 6.98. The Morgan fingerprint density at radius 3 is 2.64 bits per heavy atom. The van der Waals surface area contributed by atoms with Crippen molar-refractivity contribution in [2.24, 2.45) is 11.7 Å². The second-order valence-corrected chi connectivity index (χ2v) is 7.14. The molecule has 0 spiro atoms. The zero-order valence-corrected chi connectivity index (χ0v) is 14.3. The molecule has 0 saturated heterocycles. The summed E-state index contributed by atoms with van der Waals surface area (Å²) >= 11 is 1.51. The summed E-state index contributed by atoms with van der Waals surface area (Å²) in [4.78, 5) is 27.5. The van der Waals surface area contributed by atoms with Crippen LogP contribution in [0.1, 0.15) is 46.5 Å². The number of carbonyl (C=O) groups excluding carboxylic acids is 2. The van der Waals surface area contributed by atoms with Crippen LogP contribution in [0, 0.1) is 5.92 Å². The zero-order chi connectivity index (χ0) is 15.0. The summed E-state index contributed by atoms with van der Waals surface area (Å²) in [5.74, 6) is -0.298. The number of hydrogen-bond donors (Lipinski definition) is 2. The molecule has 0 bridgehead atoms. The molecule has 3 N–H and O–H groups in total. The molecule has 3 rings (SSSR count). The van der Waals surface area contributed by atoms with Crippen LogP contribution in [0.15, 0.2) is 0 Å². The highest BCUT2D eigenvalue weighted by atomic mass is 35.5. The van der Waals surface area contributed by atoms with Gasteiger partial charge in [0.25, 0.3) is 5.91 Å². The number of nitrogens with one attached hydrogen (secondary N) is 1. The van der Waals surface area contributed by atoms with E-state index in [2.05, 4.69) is 17.3 Å². The van der Waals surface area contributed by atoms with Crippen molar-refractivity contribution in [3.63, 3.8) is 0 Å². The van der Waals surface area contributed by atoms with Crippen LogP contribution in [0.3, 0.4) is 0 Å². The van der Waals surface area contributed by atoms with Gasteiger partial charge in [-0.3, -0.25) is 9.59 Å². The highest BCUT2D eigenvalue weighted by Crippen LogP contribution is 2.37. The number of hydrogen-bond acceptors (Lipinski definition) is 4. The van der Waals surface area contributed by atoms with Crippen LogP contribution in [0.2, 0.25) is 0 Å². The first-order valence-corrected chi connectivity index (χ1v) is 8.31. The Morgan fingerprint density at radius 2 is 2.00 bits per heavy atom. The molecule has 2 aliphatic rings. The Kier molecular flexibility index (Phi) is 5.47. The molecule has 0 radical (unpaired) electrons. The number of likely N-dealkylation sites (N-methyl/N-ethyl adjacent to an activating group) is 1. The van der Waals surface area contributed by atoms with E-state index >= 15 is 0 Å². The Bertz CT molecular complexity index is 582. The number of rotatable bonds is 3. The molecule has 0 aromatic carbocycles. The molecule has 5 nitrogen and oxygen atoms in total. The molecular formula is C15H22ClN3O2S. The number of nitrogens with zero attached hydrogens (tertiary/aromatic N) is 1. The van der Waals surface area contributed by atoms with Crippen molar-refractivity contribution in [3.8, 4) is 0 Å². The lowest BCUT2D eigenvalue weighted by atomic mass is 10.0. The second-order valence-electron chi connectivity index (χ2n) is 6.03. The molecule has 122 valence electrons. The SMILES string of the molecule is CN1CCc2c(sc(NC(=O)C3CCCC3)c2C(N)=O)C1.Cl. The van der Waals surface area contributed by atoms with Gasteiger partial charge in [-0.05, 0) is 31.9 Å². The summed E-state index contributed by atoms with van der Waals surface area (Å²) in [6, 6.07) is 0. The van der Waals surface area contributed by atoms with Gasteiger partial charge < -0.3 is 16.0 Å². The summed E-state index contributed by atoms with van der Waals surface area (Å²) in [5.41, 5.74) is 7.12. The molecule has 0 unspecified atom stereocenters. The van der Waals surface area contributed by atoms with Crippen LogP contribution < -0.4 is 11.1 Å². The van der Waals surface area contributed by atoms with E-state index in [-0.39, 0.29) is 24.2 Å². The normalized spacial score (nSPS) is 18.6. The summed E-state index contributed by atoms with van der Waals surface area (Å²) in [5, 5.41) is 3.62. The molecule has 2 heterocycles. The number of anilines is 1. The number of fused-ring (bicyclic) bond motifs is 1. The van der Waals surface area contributed by atoms with Crippen LogP contribution in [0.4, 0.5) is 5.00 Å². The molecule has 1 aromatic rings. The van der Waals surface area contributed by atoms with E-state index in [9.17, 15) is 9.59 Å². The van der Waals surface area contributed by atoms with Crippen LogP contribution in [-0.2, 0) is 17.8 Å². The molecule has 1 aromatic heterocycles. The molecule has 2 amide bonds. The van der Waals surface area contributed by atoms with E-state index in [1.54, 1.807) is 0 Å². The fraction of sp³-hybridized carbons (Fsp3) is 0.600. The van der Waals surface area contributed by atoms with Crippen LogP contribution in [0.25, 0.3) is 0 Å². The molecule has 7 heteroatoms. The Labute approximate surface area is 140 Å². The zero-order valence-electron chi connectivity index (χ0n) is 12.7. The van der Waals surface area contributed by atoms with Crippen molar-refractivity contribution in [2.75, 3.05) is 18.9 Å². The Balaban J connectivity index is 0.00000176. The van der Waals surface area contributed by atoms with E-state index in [4.69, 9.17) is 5.73 Å². The van der Waals surface area contributed by atoms with Gasteiger partial charge in [0.05, 0.1) is 5.56 Å². The number of thiophene rings is 1. The Morgan fingerprint density at radius 1 is 1.32 bits per heavy atom. The maximum Gasteiger partial charge on any atom is 0.251 e. The van der Waals surface area contributed by atoms with Crippen LogP contribution in [0.5, 0.6) is 0 Å². The van der Waals surface area contributed by atoms with Crippen molar-refractivity contribution < 1.29 is 9.59 Å². The van der Waals surface area contributed by atoms with Crippen molar-refractivity contribution >= 4 is 40.6 Å². The van der Waals surface area contributed by atoms with E-state index in [1.165, 1.54) is 11.3 Å². The molecule has 1 fully saturated rings. The monoisotopic (exact) mass is 343 g/mol. The standard InChI is InChI=1S/C15H21N3O2S.ClH/c1-18-7-6-10-11(8-18)21-15(12(10)13(16)19)17-14(20)9-4-2-3-5-9;/h9H,2-8H2,1H3,(H2,16,19)(H,17,20);1H. The van der Waals surface area contributed by atoms with Gasteiger partial charge in [-0.1, -0.05) is 12.8 Å². The minimum Gasteiger partial charge on any atom is -0.365 e. The van der Waals surface area contributed by atoms with Crippen molar-refractivity contribution in [2.45, 2.75) is 38.6 Å². The molecule has 0 atom stereocenters. The highest BCUT2D eigenvalue weighted by molar-refractivity contribution is 7.17. The molecule has 1 aliphatic heterocycles. The quantitative estimate of drug-likeness (QED) is 0.884. The van der Waals surface area contributed by atoms with Gasteiger partial charge in [-0.15, -0.1) is 23.7 Å². The minimum absolute atomic E-state index is 0. The summed E-state index contributed by atoms with van der Waals surface area (Å²) in [6.45, 7) is 1.74. The predicted molar refractivity (Wildman–Crippen MR) is 90.7 cm³/mol. The van der Waals surface area contributed by atoms with E-state index in [0.29, 0.717) is 10.6 Å². The van der Waals surface area contributed by atoms with Gasteiger partial charge in [-0.25, -0.2) is 0 Å². The largest absolute Gasteiger partial charge is 0.365 e. The predicted octanol–water partition coefficient (Wildman–Crippen LogP) is 2.39. The van der Waals surface area contributed by atoms with Gasteiger partial charge in [0.15, 0.2) is 0 Å². The van der Waals surface area contributed by atoms with Gasteiger partial charge >= 0.3 is 0 Å². The molecule has 22 heavy (non-hydrogen) atoms. The first-order chi connectivity index (χ1) is 10.1. The number of primary amides is 1. The third-order valence-electron chi connectivity index (χ3n) is 4.46. The van der Waals surface area contributed by atoms with Gasteiger partial charge in [-0.2, -0.15) is 0 Å². The lowest BCUT2D eigenvalue weighted by Gasteiger charge is -2.22. The number of nitrogens with two attached hydrogens (primary N) is 1. The Hall–Kier alpha value is -1.11. The average Bonchev–Trinajstić information content (AvgIpc) is 3.04. The van der Waals surface area contributed by atoms with E-state index in [1.807, 2.05) is 0 Å². The third kappa shape index (κ3) is 3.29. The first kappa shape index (κ1) is 17.2. The maximum absolute atomic E-state index is 12.3. The van der Waals surface area contributed by atoms with Gasteiger partial charge in [0.2, 0.25) is 5.91 Å². The number of carbonyl (C=O) groups is 2. The lowest BCUT2D eigenvalue weighted by molar-refractivity contribution is -0.119. The van der Waals surface area contributed by atoms with Gasteiger partial charge in [0.1, 0.15) is 5.00 Å². The van der Waals surface area contributed by atoms with Crippen LogP contribution in [-0.4, -0.2) is 30.3 Å². The smallest absolute Gasteiger partial charge is 0.251 e. The third-order valence-corrected chi connectivity index (χ3v) is 5.59. The van der Waals surface area contributed by atoms with Gasteiger partial charge in [0, 0.05) is 23.9 Å². The van der Waals surface area contributed by atoms with Crippen LogP contribution >= 0.6 is 23.7 Å². The summed E-state index contributed by atoms with van der Waals surface area (Å²) in [6.07, 6.45) is 4.95. The number of amides is 2. The highest BCUT2D eigenvalue weighted by Gasteiger charge is 2.29. The topological polar surface area (TPSA) is 75.4 Å². The van der Waals surface area contributed by atoms with E-state index in [0.717, 1.165) is 55.6 Å². The van der Waals surface area contributed by atoms with E-state index < -0.39 is 5.91 Å². The molecule has 1 saturated carbocycles. The fourth-order valence-corrected chi connectivity index (χ4v) is 4.62. The molecule has 1 aliphatic carbocycles. The van der Waals surface area contributed by atoms with Crippen molar-refractivity contribution in [1.82, 2.24) is 4.90 Å². The maximum atomic E-state index is 12.3.